The Balaban J connectivity index is 1.35. The number of methoxy groups -OCH3 is 2. The number of halogens is 3. The minimum Gasteiger partial charge on any atom is -0.495 e. The molecule has 0 amide bonds. The number of aromatic nitrogens is 2. The number of nitrogens with zero attached hydrogens (tertiary/aromatic N) is 4. The minimum absolute atomic E-state index is 0.323. The number of alkyl halides is 2. The number of morpholine rings is 1. The maximum Gasteiger partial charge on any atom is 0.229 e. The smallest absolute Gasteiger partial charge is 0.229 e. The Bertz CT molecular complexity index is 1340. The Hall–Kier alpha value is -3.41. The van der Waals surface area contributed by atoms with Crippen LogP contribution in [0.2, 0.25) is 5.02 Å². The number of hydrogen-bond acceptors (Lipinski definition) is 9. The molecule has 9 nitrogen and oxygen atoms in total. The highest BCUT2D eigenvalue weighted by atomic mass is 35.5. The maximum absolute atomic E-state index is 13.3. The van der Waals surface area contributed by atoms with Crippen molar-refractivity contribution in [2.75, 3.05) is 82.5 Å². The first-order chi connectivity index (χ1) is 20.0. The van der Waals surface area contributed by atoms with Gasteiger partial charge in [-0.2, -0.15) is 4.98 Å². The van der Waals surface area contributed by atoms with Crippen LogP contribution in [0.5, 0.6) is 11.5 Å². The van der Waals surface area contributed by atoms with E-state index in [2.05, 4.69) is 25.5 Å². The van der Waals surface area contributed by atoms with Gasteiger partial charge < -0.3 is 29.7 Å². The van der Waals surface area contributed by atoms with Gasteiger partial charge in [-0.25, -0.2) is 13.8 Å². The summed E-state index contributed by atoms with van der Waals surface area (Å²) >= 11 is 6.47. The van der Waals surface area contributed by atoms with Crippen LogP contribution in [0.3, 0.4) is 0 Å². The van der Waals surface area contributed by atoms with Crippen LogP contribution >= 0.6 is 11.6 Å². The average molecular weight is 589 g/mol. The SMILES string of the molecule is COc1cc2c(cc1Nc1ncc(Cl)c(Nc3ccc(N4CCOCC4)cc3OC)n1)CCN(C(CF)CF)CC2. The van der Waals surface area contributed by atoms with Crippen LogP contribution in [0.1, 0.15) is 11.1 Å². The van der Waals surface area contributed by atoms with Crippen molar-refractivity contribution < 1.29 is 23.0 Å². The number of benzene rings is 2. The van der Waals surface area contributed by atoms with E-state index >= 15 is 0 Å². The third-order valence-electron chi connectivity index (χ3n) is 7.54. The second-order valence-electron chi connectivity index (χ2n) is 9.94. The molecule has 220 valence electrons. The van der Waals surface area contributed by atoms with Gasteiger partial charge in [0.2, 0.25) is 5.95 Å². The second-order valence-corrected chi connectivity index (χ2v) is 10.4. The molecule has 2 N–H and O–H groups in total. The van der Waals surface area contributed by atoms with E-state index in [9.17, 15) is 8.78 Å². The third-order valence-corrected chi connectivity index (χ3v) is 7.81. The Morgan fingerprint density at radius 1 is 0.927 bits per heavy atom. The summed E-state index contributed by atoms with van der Waals surface area (Å²) in [6.07, 6.45) is 2.87. The van der Waals surface area contributed by atoms with E-state index in [1.165, 1.54) is 6.20 Å². The molecule has 0 saturated carbocycles. The van der Waals surface area contributed by atoms with Crippen molar-refractivity contribution >= 4 is 40.4 Å². The molecule has 12 heteroatoms. The van der Waals surface area contributed by atoms with Crippen LogP contribution in [-0.2, 0) is 17.6 Å². The summed E-state index contributed by atoms with van der Waals surface area (Å²) in [5, 5.41) is 6.87. The first-order valence-corrected chi connectivity index (χ1v) is 14.0. The predicted molar refractivity (Wildman–Crippen MR) is 157 cm³/mol. The summed E-state index contributed by atoms with van der Waals surface area (Å²) in [4.78, 5) is 13.1. The van der Waals surface area contributed by atoms with E-state index in [0.29, 0.717) is 78.8 Å². The normalized spacial score (nSPS) is 15.8. The zero-order valence-electron chi connectivity index (χ0n) is 23.3. The Morgan fingerprint density at radius 3 is 2.29 bits per heavy atom. The summed E-state index contributed by atoms with van der Waals surface area (Å²) in [6.45, 7) is 2.81. The van der Waals surface area contributed by atoms with Crippen LogP contribution in [0.15, 0.2) is 36.5 Å². The van der Waals surface area contributed by atoms with Crippen molar-refractivity contribution in [3.8, 4) is 11.5 Å². The van der Waals surface area contributed by atoms with Crippen molar-refractivity contribution in [3.63, 3.8) is 0 Å². The molecule has 0 spiro atoms. The Morgan fingerprint density at radius 2 is 1.61 bits per heavy atom. The highest BCUT2D eigenvalue weighted by Gasteiger charge is 2.23. The van der Waals surface area contributed by atoms with Gasteiger partial charge in [-0.15, -0.1) is 0 Å². The van der Waals surface area contributed by atoms with Crippen LogP contribution < -0.4 is 25.0 Å². The van der Waals surface area contributed by atoms with Crippen LogP contribution in [0, 0.1) is 0 Å². The van der Waals surface area contributed by atoms with Gasteiger partial charge in [-0.3, -0.25) is 4.90 Å². The topological polar surface area (TPSA) is 84.0 Å². The highest BCUT2D eigenvalue weighted by molar-refractivity contribution is 6.33. The fourth-order valence-electron chi connectivity index (χ4n) is 5.20. The third kappa shape index (κ3) is 6.74. The molecule has 5 rings (SSSR count). The molecule has 0 radical (unpaired) electrons. The minimum atomic E-state index is -0.702. The fourth-order valence-corrected chi connectivity index (χ4v) is 5.34. The standard InChI is InChI=1S/C29H35ClF2N6O3/c1-39-26-14-20-6-8-37(22(16-31)17-32)7-5-19(20)13-25(26)35-29-33-18-23(30)28(36-29)34-24-4-3-21(15-27(24)40-2)38-9-11-41-12-10-38/h3-4,13-15,18,22H,5-12,16-17H2,1-2H3,(H2,33,34,35,36). The molecule has 2 aliphatic rings. The molecule has 41 heavy (non-hydrogen) atoms. The lowest BCUT2D eigenvalue weighted by Gasteiger charge is -2.29. The first-order valence-electron chi connectivity index (χ1n) is 13.7. The number of ether oxygens (including phenoxy) is 3. The summed E-state index contributed by atoms with van der Waals surface area (Å²) in [5.74, 6) is 2.01. The van der Waals surface area contributed by atoms with Gasteiger partial charge in [0.15, 0.2) is 5.82 Å². The van der Waals surface area contributed by atoms with Gasteiger partial charge in [0.25, 0.3) is 0 Å². The maximum atomic E-state index is 13.3. The fraction of sp³-hybridized carbons (Fsp3) is 0.448. The summed E-state index contributed by atoms with van der Waals surface area (Å²) < 4.78 is 43.4. The van der Waals surface area contributed by atoms with Crippen LogP contribution in [0.4, 0.5) is 37.6 Å². The number of nitrogens with one attached hydrogen (secondary N) is 2. The lowest BCUT2D eigenvalue weighted by atomic mass is 10.0. The largest absolute Gasteiger partial charge is 0.495 e. The lowest BCUT2D eigenvalue weighted by Crippen LogP contribution is -2.40. The van der Waals surface area contributed by atoms with Crippen molar-refractivity contribution in [3.05, 3.63) is 52.7 Å². The number of rotatable bonds is 10. The number of hydrogen-bond donors (Lipinski definition) is 2. The Labute approximate surface area is 243 Å². The van der Waals surface area contributed by atoms with Gasteiger partial charge in [0.05, 0.1) is 51.0 Å². The van der Waals surface area contributed by atoms with Crippen molar-refractivity contribution in [2.45, 2.75) is 18.9 Å². The molecule has 2 aliphatic heterocycles. The molecule has 0 bridgehead atoms. The first kappa shape index (κ1) is 29.1. The quantitative estimate of drug-likeness (QED) is 0.333. The molecular weight excluding hydrogens is 554 g/mol. The van der Waals surface area contributed by atoms with E-state index in [4.69, 9.17) is 25.8 Å². The highest BCUT2D eigenvalue weighted by Crippen LogP contribution is 2.36. The van der Waals surface area contributed by atoms with Crippen molar-refractivity contribution in [1.29, 1.82) is 0 Å². The number of anilines is 5. The Kier molecular flexibility index (Phi) is 9.58. The van der Waals surface area contributed by atoms with E-state index in [1.54, 1.807) is 14.2 Å². The van der Waals surface area contributed by atoms with Crippen molar-refractivity contribution in [1.82, 2.24) is 14.9 Å². The van der Waals surface area contributed by atoms with Gasteiger partial charge in [-0.1, -0.05) is 11.6 Å². The summed E-state index contributed by atoms with van der Waals surface area (Å²) in [5.41, 5.74) is 4.63. The van der Waals surface area contributed by atoms with Crippen LogP contribution in [0.25, 0.3) is 0 Å². The van der Waals surface area contributed by atoms with Gasteiger partial charge >= 0.3 is 0 Å². The average Bonchev–Trinajstić information content (AvgIpc) is 3.22. The van der Waals surface area contributed by atoms with Crippen LogP contribution in [-0.4, -0.2) is 87.9 Å². The van der Waals surface area contributed by atoms with Crippen molar-refractivity contribution in [2.24, 2.45) is 0 Å². The molecule has 1 saturated heterocycles. The molecule has 3 heterocycles. The molecule has 2 aromatic carbocycles. The molecule has 1 fully saturated rings. The zero-order chi connectivity index (χ0) is 28.8. The molecule has 1 aromatic heterocycles. The monoisotopic (exact) mass is 588 g/mol. The van der Waals surface area contributed by atoms with E-state index in [1.807, 2.05) is 35.2 Å². The molecule has 3 aromatic rings. The molecule has 0 aliphatic carbocycles. The molecular formula is C29H35ClF2N6O3. The predicted octanol–water partition coefficient (Wildman–Crippen LogP) is 5.18. The van der Waals surface area contributed by atoms with E-state index < -0.39 is 19.4 Å². The zero-order valence-corrected chi connectivity index (χ0v) is 24.0. The molecule has 0 unspecified atom stereocenters. The van der Waals surface area contributed by atoms with E-state index in [-0.39, 0.29) is 0 Å². The molecule has 0 atom stereocenters. The summed E-state index contributed by atoms with van der Waals surface area (Å²) in [6, 6.07) is 9.20. The van der Waals surface area contributed by atoms with Gasteiger partial charge in [0.1, 0.15) is 29.9 Å². The second kappa shape index (κ2) is 13.5. The van der Waals surface area contributed by atoms with E-state index in [0.717, 1.165) is 29.9 Å². The number of fused-ring (bicyclic) bond motifs is 1. The van der Waals surface area contributed by atoms with Gasteiger partial charge in [-0.05, 0) is 48.2 Å². The van der Waals surface area contributed by atoms with Gasteiger partial charge in [0, 0.05) is 37.9 Å². The lowest BCUT2D eigenvalue weighted by molar-refractivity contribution is 0.122. The summed E-state index contributed by atoms with van der Waals surface area (Å²) in [7, 11) is 3.22.